The van der Waals surface area contributed by atoms with Gasteiger partial charge < -0.3 is 19.8 Å². The van der Waals surface area contributed by atoms with Crippen molar-refractivity contribution in [1.82, 2.24) is 9.55 Å². The van der Waals surface area contributed by atoms with Gasteiger partial charge in [-0.1, -0.05) is 30.3 Å². The Labute approximate surface area is 124 Å². The van der Waals surface area contributed by atoms with Gasteiger partial charge in [0.05, 0.1) is 25.6 Å². The standard InChI is InChI=1S/C16H21N3O2/c17-10-15-11-20-16(21-15,12-19-9-8-18-13-19)7-6-14-4-2-1-3-5-14/h1-5,8-9,13,15H,6-7,10-12,17H2/t15-,16-/m1/s1. The Morgan fingerprint density at radius 2 is 2.19 bits per heavy atom. The van der Waals surface area contributed by atoms with Gasteiger partial charge in [-0.15, -0.1) is 0 Å². The maximum absolute atomic E-state index is 6.10. The molecule has 0 saturated carbocycles. The van der Waals surface area contributed by atoms with Crippen LogP contribution in [0.3, 0.4) is 0 Å². The van der Waals surface area contributed by atoms with Gasteiger partial charge in [0.2, 0.25) is 0 Å². The van der Waals surface area contributed by atoms with Crippen LogP contribution in [0.4, 0.5) is 0 Å². The number of benzene rings is 1. The van der Waals surface area contributed by atoms with Gasteiger partial charge in [0.1, 0.15) is 0 Å². The molecule has 0 unspecified atom stereocenters. The summed E-state index contributed by atoms with van der Waals surface area (Å²) in [5.41, 5.74) is 6.99. The third-order valence-corrected chi connectivity index (χ3v) is 3.80. The zero-order chi connectivity index (χ0) is 14.5. The molecule has 1 aliphatic rings. The summed E-state index contributed by atoms with van der Waals surface area (Å²) < 4.78 is 14.1. The summed E-state index contributed by atoms with van der Waals surface area (Å²) in [7, 11) is 0. The Balaban J connectivity index is 1.70. The highest BCUT2D eigenvalue weighted by atomic mass is 16.7. The van der Waals surface area contributed by atoms with Crippen molar-refractivity contribution in [2.24, 2.45) is 5.73 Å². The highest BCUT2D eigenvalue weighted by Gasteiger charge is 2.41. The summed E-state index contributed by atoms with van der Waals surface area (Å²) in [6.45, 7) is 1.67. The molecular weight excluding hydrogens is 266 g/mol. The van der Waals surface area contributed by atoms with Gasteiger partial charge in [-0.3, -0.25) is 0 Å². The van der Waals surface area contributed by atoms with E-state index in [1.165, 1.54) is 5.56 Å². The first-order valence-electron chi connectivity index (χ1n) is 7.31. The monoisotopic (exact) mass is 287 g/mol. The lowest BCUT2D eigenvalue weighted by atomic mass is 10.0. The fraction of sp³-hybridized carbons (Fsp3) is 0.438. The predicted molar refractivity (Wildman–Crippen MR) is 79.6 cm³/mol. The molecule has 112 valence electrons. The van der Waals surface area contributed by atoms with Crippen LogP contribution in [0.15, 0.2) is 49.1 Å². The third-order valence-electron chi connectivity index (χ3n) is 3.80. The van der Waals surface area contributed by atoms with E-state index in [2.05, 4.69) is 29.2 Å². The average molecular weight is 287 g/mol. The van der Waals surface area contributed by atoms with Crippen LogP contribution in [-0.2, 0) is 22.4 Å². The number of hydrogen-bond donors (Lipinski definition) is 1. The highest BCUT2D eigenvalue weighted by molar-refractivity contribution is 5.15. The molecule has 1 aromatic carbocycles. The average Bonchev–Trinajstić information content (AvgIpc) is 3.17. The van der Waals surface area contributed by atoms with Crippen LogP contribution in [0, 0.1) is 0 Å². The van der Waals surface area contributed by atoms with Crippen LogP contribution in [-0.4, -0.2) is 34.6 Å². The predicted octanol–water partition coefficient (Wildman–Crippen LogP) is 1.59. The number of aryl methyl sites for hydroxylation is 1. The molecule has 1 aliphatic heterocycles. The summed E-state index contributed by atoms with van der Waals surface area (Å²) in [6, 6.07) is 10.4. The molecule has 3 rings (SSSR count). The first-order valence-corrected chi connectivity index (χ1v) is 7.31. The molecule has 0 spiro atoms. The minimum absolute atomic E-state index is 0.0238. The van der Waals surface area contributed by atoms with E-state index in [0.29, 0.717) is 19.7 Å². The Morgan fingerprint density at radius 3 is 2.86 bits per heavy atom. The van der Waals surface area contributed by atoms with Crippen LogP contribution >= 0.6 is 0 Å². The lowest BCUT2D eigenvalue weighted by Gasteiger charge is -2.28. The summed E-state index contributed by atoms with van der Waals surface area (Å²) in [5, 5.41) is 0. The van der Waals surface area contributed by atoms with Gasteiger partial charge >= 0.3 is 0 Å². The number of hydrogen-bond acceptors (Lipinski definition) is 4. The van der Waals surface area contributed by atoms with Gasteiger partial charge in [0.15, 0.2) is 5.79 Å². The van der Waals surface area contributed by atoms with Gasteiger partial charge in [-0.25, -0.2) is 4.98 Å². The molecule has 0 radical (unpaired) electrons. The smallest absolute Gasteiger partial charge is 0.187 e. The maximum Gasteiger partial charge on any atom is 0.187 e. The molecule has 5 heteroatoms. The Kier molecular flexibility index (Phi) is 4.34. The topological polar surface area (TPSA) is 62.3 Å². The van der Waals surface area contributed by atoms with Crippen LogP contribution < -0.4 is 5.73 Å². The molecule has 1 aromatic heterocycles. The fourth-order valence-corrected chi connectivity index (χ4v) is 2.66. The summed E-state index contributed by atoms with van der Waals surface area (Å²) >= 11 is 0. The van der Waals surface area contributed by atoms with Crippen molar-refractivity contribution in [3.8, 4) is 0 Å². The summed E-state index contributed by atoms with van der Waals surface area (Å²) in [6.07, 6.45) is 7.16. The van der Waals surface area contributed by atoms with E-state index in [0.717, 1.165) is 12.8 Å². The summed E-state index contributed by atoms with van der Waals surface area (Å²) in [4.78, 5) is 4.08. The molecule has 2 N–H and O–H groups in total. The minimum atomic E-state index is -0.611. The van der Waals surface area contributed by atoms with Crippen LogP contribution in [0.5, 0.6) is 0 Å². The van der Waals surface area contributed by atoms with E-state index >= 15 is 0 Å². The Morgan fingerprint density at radius 1 is 1.33 bits per heavy atom. The van der Waals surface area contributed by atoms with Crippen molar-refractivity contribution in [1.29, 1.82) is 0 Å². The van der Waals surface area contributed by atoms with E-state index in [9.17, 15) is 0 Å². The molecule has 1 fully saturated rings. The van der Waals surface area contributed by atoms with Crippen molar-refractivity contribution < 1.29 is 9.47 Å². The Bertz CT molecular complexity index is 544. The van der Waals surface area contributed by atoms with Gasteiger partial charge in [-0.2, -0.15) is 0 Å². The summed E-state index contributed by atoms with van der Waals surface area (Å²) in [5.74, 6) is -0.611. The van der Waals surface area contributed by atoms with E-state index in [1.54, 1.807) is 12.5 Å². The number of nitrogens with zero attached hydrogens (tertiary/aromatic N) is 2. The molecule has 0 aliphatic carbocycles. The second-order valence-corrected chi connectivity index (χ2v) is 5.42. The highest BCUT2D eigenvalue weighted by Crippen LogP contribution is 2.30. The van der Waals surface area contributed by atoms with Gasteiger partial charge in [0, 0.05) is 25.4 Å². The second kappa shape index (κ2) is 6.39. The molecule has 0 bridgehead atoms. The van der Waals surface area contributed by atoms with E-state index < -0.39 is 5.79 Å². The quantitative estimate of drug-likeness (QED) is 0.876. The maximum atomic E-state index is 6.10. The van der Waals surface area contributed by atoms with Gasteiger partial charge in [-0.05, 0) is 12.0 Å². The van der Waals surface area contributed by atoms with E-state index in [4.69, 9.17) is 15.2 Å². The minimum Gasteiger partial charge on any atom is -0.345 e. The lowest BCUT2D eigenvalue weighted by molar-refractivity contribution is -0.181. The SMILES string of the molecule is NC[C@@H]1CO[C@@](CCc2ccccc2)(Cn2ccnc2)O1. The van der Waals surface area contributed by atoms with Gasteiger partial charge in [0.25, 0.3) is 0 Å². The van der Waals surface area contributed by atoms with Crippen LogP contribution in [0.1, 0.15) is 12.0 Å². The lowest BCUT2D eigenvalue weighted by Crippen LogP contribution is -2.37. The van der Waals surface area contributed by atoms with E-state index in [1.807, 2.05) is 16.8 Å². The second-order valence-electron chi connectivity index (χ2n) is 5.42. The number of imidazole rings is 1. The molecule has 2 heterocycles. The molecule has 21 heavy (non-hydrogen) atoms. The van der Waals surface area contributed by atoms with Crippen LogP contribution in [0.25, 0.3) is 0 Å². The number of rotatable bonds is 6. The van der Waals surface area contributed by atoms with Crippen molar-refractivity contribution >= 4 is 0 Å². The first-order chi connectivity index (χ1) is 10.3. The van der Waals surface area contributed by atoms with Crippen molar-refractivity contribution in [2.45, 2.75) is 31.3 Å². The normalized spacial score (nSPS) is 25.3. The molecule has 1 saturated heterocycles. The number of aromatic nitrogens is 2. The molecule has 5 nitrogen and oxygen atoms in total. The zero-order valence-electron chi connectivity index (χ0n) is 12.0. The van der Waals surface area contributed by atoms with E-state index in [-0.39, 0.29) is 6.10 Å². The molecule has 2 aromatic rings. The number of nitrogens with two attached hydrogens (primary N) is 1. The fourth-order valence-electron chi connectivity index (χ4n) is 2.66. The molecular formula is C16H21N3O2. The van der Waals surface area contributed by atoms with Crippen molar-refractivity contribution in [2.75, 3.05) is 13.2 Å². The largest absolute Gasteiger partial charge is 0.345 e. The number of ether oxygens (including phenoxy) is 2. The van der Waals surface area contributed by atoms with Crippen molar-refractivity contribution in [3.63, 3.8) is 0 Å². The molecule has 2 atom stereocenters. The third kappa shape index (κ3) is 3.50. The first kappa shape index (κ1) is 14.3. The zero-order valence-corrected chi connectivity index (χ0v) is 12.0. The molecule has 0 amide bonds. The van der Waals surface area contributed by atoms with Crippen LogP contribution in [0.2, 0.25) is 0 Å². The Hall–Kier alpha value is -1.69. The van der Waals surface area contributed by atoms with Crippen molar-refractivity contribution in [3.05, 3.63) is 54.6 Å².